The zero-order chi connectivity index (χ0) is 21.7. The molecule has 0 spiro atoms. The maximum atomic E-state index is 13.2. The lowest BCUT2D eigenvalue weighted by molar-refractivity contribution is -0.116. The molecule has 3 aromatic carbocycles. The molecule has 8 heteroatoms. The molecule has 0 aromatic heterocycles. The molecule has 0 unspecified atom stereocenters. The second kappa shape index (κ2) is 9.38. The number of nitrogens with one attached hydrogen (secondary N) is 1. The molecule has 3 rings (SSSR count). The normalized spacial score (nSPS) is 11.5. The first-order valence-corrected chi connectivity index (χ1v) is 10.9. The van der Waals surface area contributed by atoms with E-state index < -0.39 is 28.3 Å². The van der Waals surface area contributed by atoms with E-state index in [9.17, 15) is 17.6 Å². The van der Waals surface area contributed by atoms with Gasteiger partial charge in [0.1, 0.15) is 5.82 Å². The van der Waals surface area contributed by atoms with Crippen LogP contribution >= 0.6 is 11.6 Å². The van der Waals surface area contributed by atoms with Crippen molar-refractivity contribution in [2.24, 2.45) is 0 Å². The molecular weight excluding hydrogens is 427 g/mol. The first kappa shape index (κ1) is 22.0. The van der Waals surface area contributed by atoms with Crippen LogP contribution < -0.4 is 5.32 Å². The maximum absolute atomic E-state index is 13.2. The van der Waals surface area contributed by atoms with Crippen LogP contribution in [0.2, 0.25) is 5.02 Å². The van der Waals surface area contributed by atoms with Gasteiger partial charge in [-0.25, -0.2) is 12.8 Å². The molecule has 5 nitrogen and oxygen atoms in total. The Kier molecular flexibility index (Phi) is 6.87. The summed E-state index contributed by atoms with van der Waals surface area (Å²) in [5.41, 5.74) is 2.16. The predicted molar refractivity (Wildman–Crippen MR) is 115 cm³/mol. The molecule has 3 aromatic rings. The summed E-state index contributed by atoms with van der Waals surface area (Å²) in [6, 6.07) is 18.3. The van der Waals surface area contributed by atoms with Crippen molar-refractivity contribution in [1.82, 2.24) is 4.31 Å². The fourth-order valence-electron chi connectivity index (χ4n) is 2.77. The van der Waals surface area contributed by atoms with Gasteiger partial charge in [-0.05, 0) is 61.0 Å². The van der Waals surface area contributed by atoms with Crippen molar-refractivity contribution in [3.05, 3.63) is 94.8 Å². The van der Waals surface area contributed by atoms with E-state index in [-0.39, 0.29) is 11.4 Å². The summed E-state index contributed by atoms with van der Waals surface area (Å²) in [5, 5.41) is 3.10. The van der Waals surface area contributed by atoms with Crippen molar-refractivity contribution >= 4 is 33.2 Å². The number of amides is 1. The third kappa shape index (κ3) is 5.66. The average molecular weight is 447 g/mol. The lowest BCUT2D eigenvalue weighted by Crippen LogP contribution is -2.37. The molecule has 0 saturated heterocycles. The zero-order valence-corrected chi connectivity index (χ0v) is 17.8. The summed E-state index contributed by atoms with van der Waals surface area (Å²) >= 11 is 5.86. The third-order valence-corrected chi connectivity index (χ3v) is 6.44. The molecule has 0 aliphatic carbocycles. The number of carbonyl (C=O) groups is 1. The maximum Gasteiger partial charge on any atom is 0.243 e. The second-order valence-electron chi connectivity index (χ2n) is 6.77. The van der Waals surface area contributed by atoms with Crippen molar-refractivity contribution in [3.8, 4) is 0 Å². The minimum Gasteiger partial charge on any atom is -0.325 e. The minimum atomic E-state index is -4.00. The molecule has 156 valence electrons. The van der Waals surface area contributed by atoms with E-state index in [1.807, 2.05) is 19.1 Å². The number of nitrogens with zero attached hydrogens (tertiary/aromatic N) is 1. The number of carbonyl (C=O) groups excluding carboxylic acids is 1. The standard InChI is InChI=1S/C22H20ClFN2O3S/c1-16-2-10-20(11-3-16)25-22(27)15-26(14-17-4-8-19(24)9-5-17)30(28,29)21-12-6-18(23)7-13-21/h2-13H,14-15H2,1H3,(H,25,27). The van der Waals surface area contributed by atoms with Crippen LogP contribution in [-0.4, -0.2) is 25.2 Å². The zero-order valence-electron chi connectivity index (χ0n) is 16.2. The lowest BCUT2D eigenvalue weighted by atomic mass is 10.2. The van der Waals surface area contributed by atoms with Gasteiger partial charge in [0.2, 0.25) is 15.9 Å². The highest BCUT2D eigenvalue weighted by atomic mass is 35.5. The van der Waals surface area contributed by atoms with Gasteiger partial charge in [-0.3, -0.25) is 4.79 Å². The highest BCUT2D eigenvalue weighted by Gasteiger charge is 2.27. The van der Waals surface area contributed by atoms with E-state index in [1.54, 1.807) is 12.1 Å². The summed E-state index contributed by atoms with van der Waals surface area (Å²) in [4.78, 5) is 12.6. The highest BCUT2D eigenvalue weighted by molar-refractivity contribution is 7.89. The quantitative estimate of drug-likeness (QED) is 0.576. The van der Waals surface area contributed by atoms with Crippen molar-refractivity contribution in [3.63, 3.8) is 0 Å². The smallest absolute Gasteiger partial charge is 0.243 e. The van der Waals surface area contributed by atoms with Crippen LogP contribution in [0, 0.1) is 12.7 Å². The van der Waals surface area contributed by atoms with Crippen LogP contribution in [0.1, 0.15) is 11.1 Å². The number of aryl methyl sites for hydroxylation is 1. The van der Waals surface area contributed by atoms with E-state index in [0.717, 1.165) is 9.87 Å². The molecule has 0 aliphatic rings. The molecular formula is C22H20ClFN2O3S. The van der Waals surface area contributed by atoms with Crippen LogP contribution in [0.5, 0.6) is 0 Å². The van der Waals surface area contributed by atoms with Crippen molar-refractivity contribution in [2.75, 3.05) is 11.9 Å². The second-order valence-corrected chi connectivity index (χ2v) is 9.14. The van der Waals surface area contributed by atoms with Gasteiger partial charge >= 0.3 is 0 Å². The number of rotatable bonds is 7. The Morgan fingerprint density at radius 1 is 0.967 bits per heavy atom. The van der Waals surface area contributed by atoms with Crippen LogP contribution in [0.4, 0.5) is 10.1 Å². The number of hydrogen-bond donors (Lipinski definition) is 1. The summed E-state index contributed by atoms with van der Waals surface area (Å²) in [5.74, 6) is -0.915. The molecule has 1 amide bonds. The van der Waals surface area contributed by atoms with Gasteiger partial charge in [0.05, 0.1) is 11.4 Å². The lowest BCUT2D eigenvalue weighted by Gasteiger charge is -2.22. The number of sulfonamides is 1. The fourth-order valence-corrected chi connectivity index (χ4v) is 4.28. The number of hydrogen-bond acceptors (Lipinski definition) is 3. The van der Waals surface area contributed by atoms with Gasteiger partial charge in [0.15, 0.2) is 0 Å². The summed E-state index contributed by atoms with van der Waals surface area (Å²) in [7, 11) is -4.00. The van der Waals surface area contributed by atoms with E-state index in [2.05, 4.69) is 5.32 Å². The molecule has 30 heavy (non-hydrogen) atoms. The van der Waals surface area contributed by atoms with Crippen LogP contribution in [-0.2, 0) is 21.4 Å². The largest absolute Gasteiger partial charge is 0.325 e. The van der Waals surface area contributed by atoms with Gasteiger partial charge in [-0.15, -0.1) is 0 Å². The summed E-state index contributed by atoms with van der Waals surface area (Å²) < 4.78 is 40.6. The van der Waals surface area contributed by atoms with E-state index in [1.165, 1.54) is 48.5 Å². The number of halogens is 2. The van der Waals surface area contributed by atoms with Gasteiger partial charge in [-0.1, -0.05) is 41.4 Å². The van der Waals surface area contributed by atoms with Gasteiger partial charge < -0.3 is 5.32 Å². The monoisotopic (exact) mass is 446 g/mol. The number of anilines is 1. The molecule has 0 bridgehead atoms. The van der Waals surface area contributed by atoms with E-state index in [0.29, 0.717) is 16.3 Å². The van der Waals surface area contributed by atoms with Crippen molar-refractivity contribution in [2.45, 2.75) is 18.4 Å². The average Bonchev–Trinajstić information content (AvgIpc) is 2.71. The molecule has 0 fully saturated rings. The van der Waals surface area contributed by atoms with Gasteiger partial charge in [-0.2, -0.15) is 4.31 Å². The first-order valence-electron chi connectivity index (χ1n) is 9.11. The van der Waals surface area contributed by atoms with Gasteiger partial charge in [0.25, 0.3) is 0 Å². The predicted octanol–water partition coefficient (Wildman–Crippen LogP) is 4.62. The molecule has 1 N–H and O–H groups in total. The highest BCUT2D eigenvalue weighted by Crippen LogP contribution is 2.21. The van der Waals surface area contributed by atoms with E-state index >= 15 is 0 Å². The van der Waals surface area contributed by atoms with E-state index in [4.69, 9.17) is 11.6 Å². The Balaban J connectivity index is 1.86. The molecule has 0 heterocycles. The topological polar surface area (TPSA) is 66.5 Å². The fraction of sp³-hybridized carbons (Fsp3) is 0.136. The Morgan fingerprint density at radius 3 is 2.17 bits per heavy atom. The SMILES string of the molecule is Cc1ccc(NC(=O)CN(Cc2ccc(F)cc2)S(=O)(=O)c2ccc(Cl)cc2)cc1. The minimum absolute atomic E-state index is 0.0112. The molecule has 0 radical (unpaired) electrons. The summed E-state index contributed by atoms with van der Waals surface area (Å²) in [6.07, 6.45) is 0. The third-order valence-electron chi connectivity index (χ3n) is 4.38. The molecule has 0 aliphatic heterocycles. The summed E-state index contributed by atoms with van der Waals surface area (Å²) in [6.45, 7) is 1.43. The molecule has 0 saturated carbocycles. The Labute approximate surface area is 180 Å². The Hall–Kier alpha value is -2.74. The Morgan fingerprint density at radius 2 is 1.57 bits per heavy atom. The van der Waals surface area contributed by atoms with Crippen molar-refractivity contribution in [1.29, 1.82) is 0 Å². The van der Waals surface area contributed by atoms with Crippen LogP contribution in [0.25, 0.3) is 0 Å². The Bertz CT molecular complexity index is 1120. The van der Waals surface area contributed by atoms with Crippen molar-refractivity contribution < 1.29 is 17.6 Å². The number of benzene rings is 3. The van der Waals surface area contributed by atoms with Crippen LogP contribution in [0.15, 0.2) is 77.7 Å². The van der Waals surface area contributed by atoms with Gasteiger partial charge in [0, 0.05) is 17.3 Å². The first-order chi connectivity index (χ1) is 14.2. The molecule has 0 atom stereocenters. The van der Waals surface area contributed by atoms with Crippen LogP contribution in [0.3, 0.4) is 0 Å².